The number of ether oxygens (including phenoxy) is 1. The summed E-state index contributed by atoms with van der Waals surface area (Å²) in [5.41, 5.74) is 7.72. The molecule has 2 heterocycles. The highest BCUT2D eigenvalue weighted by atomic mass is 16.5. The summed E-state index contributed by atoms with van der Waals surface area (Å²) in [6, 6.07) is 9.29. The van der Waals surface area contributed by atoms with Gasteiger partial charge in [0.1, 0.15) is 17.4 Å². The van der Waals surface area contributed by atoms with Crippen LogP contribution in [0.5, 0.6) is 5.75 Å². The average molecular weight is 268 g/mol. The van der Waals surface area contributed by atoms with Gasteiger partial charge in [-0.2, -0.15) is 5.26 Å². The number of hydrogen-bond donors (Lipinski definition) is 3. The number of aromatic nitrogens is 2. The van der Waals surface area contributed by atoms with Crippen molar-refractivity contribution in [3.63, 3.8) is 0 Å². The van der Waals surface area contributed by atoms with Crippen LogP contribution < -0.4 is 16.0 Å². The van der Waals surface area contributed by atoms with Crippen LogP contribution in [0.3, 0.4) is 0 Å². The van der Waals surface area contributed by atoms with Gasteiger partial charge in [0.25, 0.3) is 5.56 Å². The molecule has 100 valence electrons. The second kappa shape index (κ2) is 4.31. The maximum absolute atomic E-state index is 12.0. The Hall–Kier alpha value is -2.94. The molecule has 0 spiro atoms. The molecule has 0 saturated carbocycles. The number of aromatic amines is 2. The Kier molecular flexibility index (Phi) is 2.61. The maximum atomic E-state index is 12.0. The van der Waals surface area contributed by atoms with Crippen LogP contribution in [0.25, 0.3) is 0 Å². The Morgan fingerprint density at radius 3 is 2.75 bits per heavy atom. The van der Waals surface area contributed by atoms with E-state index in [1.165, 1.54) is 0 Å². The van der Waals surface area contributed by atoms with Gasteiger partial charge >= 0.3 is 0 Å². The van der Waals surface area contributed by atoms with Crippen molar-refractivity contribution in [2.24, 2.45) is 5.73 Å². The van der Waals surface area contributed by atoms with Crippen LogP contribution in [0.1, 0.15) is 22.7 Å². The highest BCUT2D eigenvalue weighted by Gasteiger charge is 2.33. The van der Waals surface area contributed by atoms with E-state index in [0.717, 1.165) is 5.56 Å². The van der Waals surface area contributed by atoms with Gasteiger partial charge in [-0.15, -0.1) is 0 Å². The van der Waals surface area contributed by atoms with E-state index in [9.17, 15) is 10.1 Å². The number of nitriles is 1. The van der Waals surface area contributed by atoms with Gasteiger partial charge in [0.15, 0.2) is 0 Å². The smallest absolute Gasteiger partial charge is 0.268 e. The number of allylic oxidation sites excluding steroid dienone is 1. The predicted molar refractivity (Wildman–Crippen MR) is 71.9 cm³/mol. The summed E-state index contributed by atoms with van der Waals surface area (Å²) in [6.07, 6.45) is 0. The van der Waals surface area contributed by atoms with E-state index in [1.54, 1.807) is 13.0 Å². The minimum absolute atomic E-state index is 0.0381. The Morgan fingerprint density at radius 1 is 1.35 bits per heavy atom. The first kappa shape index (κ1) is 12.1. The summed E-state index contributed by atoms with van der Waals surface area (Å²) in [6.45, 7) is 1.77. The van der Waals surface area contributed by atoms with Gasteiger partial charge in [0, 0.05) is 11.3 Å². The number of rotatable bonds is 1. The summed E-state index contributed by atoms with van der Waals surface area (Å²) in [5.74, 6) is 0.0881. The predicted octanol–water partition coefficient (Wildman–Crippen LogP) is 1.23. The zero-order chi connectivity index (χ0) is 14.3. The van der Waals surface area contributed by atoms with Gasteiger partial charge in [-0.1, -0.05) is 18.2 Å². The van der Waals surface area contributed by atoms with Gasteiger partial charge in [-0.25, -0.2) is 0 Å². The molecule has 3 rings (SSSR count). The zero-order valence-electron chi connectivity index (χ0n) is 10.7. The van der Waals surface area contributed by atoms with E-state index in [2.05, 4.69) is 16.3 Å². The number of H-pyrrole nitrogens is 2. The molecule has 0 radical (unpaired) electrons. The molecule has 1 atom stereocenters. The normalized spacial score (nSPS) is 17.3. The van der Waals surface area contributed by atoms with Gasteiger partial charge < -0.3 is 15.6 Å². The fraction of sp³-hybridized carbons (Fsp3) is 0.143. The highest BCUT2D eigenvalue weighted by molar-refractivity contribution is 5.55. The average Bonchev–Trinajstić information content (AvgIpc) is 2.77. The fourth-order valence-electron chi connectivity index (χ4n) is 2.51. The number of aryl methyl sites for hydroxylation is 1. The summed E-state index contributed by atoms with van der Waals surface area (Å²) < 4.78 is 5.46. The Morgan fingerprint density at radius 2 is 2.10 bits per heavy atom. The van der Waals surface area contributed by atoms with Crippen LogP contribution in [0, 0.1) is 18.3 Å². The lowest BCUT2D eigenvalue weighted by Crippen LogP contribution is -2.24. The zero-order valence-corrected chi connectivity index (χ0v) is 10.7. The molecule has 1 aromatic carbocycles. The number of nitrogens with one attached hydrogen (secondary N) is 2. The van der Waals surface area contributed by atoms with Gasteiger partial charge in [-0.3, -0.25) is 9.89 Å². The number of hydrogen-bond acceptors (Lipinski definition) is 4. The summed E-state index contributed by atoms with van der Waals surface area (Å²) >= 11 is 0. The van der Waals surface area contributed by atoms with Crippen LogP contribution >= 0.6 is 0 Å². The van der Waals surface area contributed by atoms with E-state index >= 15 is 0 Å². The molecule has 0 aliphatic carbocycles. The molecule has 0 fully saturated rings. The number of benzene rings is 1. The van der Waals surface area contributed by atoms with E-state index in [4.69, 9.17) is 10.5 Å². The second-order valence-electron chi connectivity index (χ2n) is 4.58. The quantitative estimate of drug-likeness (QED) is 0.722. The third-order valence-electron chi connectivity index (χ3n) is 3.43. The molecule has 20 heavy (non-hydrogen) atoms. The van der Waals surface area contributed by atoms with Crippen molar-refractivity contribution >= 4 is 0 Å². The van der Waals surface area contributed by atoms with Crippen LogP contribution in [0.15, 0.2) is 40.5 Å². The van der Waals surface area contributed by atoms with E-state index in [0.29, 0.717) is 17.0 Å². The number of para-hydroxylation sites is 1. The monoisotopic (exact) mass is 268 g/mol. The van der Waals surface area contributed by atoms with Crippen molar-refractivity contribution in [3.8, 4) is 11.8 Å². The van der Waals surface area contributed by atoms with Crippen LogP contribution in [0.4, 0.5) is 0 Å². The lowest BCUT2D eigenvalue weighted by molar-refractivity contribution is 0.393. The lowest BCUT2D eigenvalue weighted by atomic mass is 9.84. The summed E-state index contributed by atoms with van der Waals surface area (Å²) in [5, 5.41) is 14.7. The Labute approximate surface area is 114 Å². The maximum Gasteiger partial charge on any atom is 0.268 e. The Bertz CT molecular complexity index is 807. The Balaban J connectivity index is 2.32. The molecule has 4 N–H and O–H groups in total. The molecule has 0 amide bonds. The number of nitrogens with zero attached hydrogens (tertiary/aromatic N) is 1. The molecule has 6 heteroatoms. The fourth-order valence-corrected chi connectivity index (χ4v) is 2.51. The van der Waals surface area contributed by atoms with Gasteiger partial charge in [0.05, 0.1) is 11.5 Å². The third-order valence-corrected chi connectivity index (χ3v) is 3.43. The summed E-state index contributed by atoms with van der Waals surface area (Å²) in [7, 11) is 0. The molecule has 1 aromatic heterocycles. The van der Waals surface area contributed by atoms with Crippen molar-refractivity contribution in [1.29, 1.82) is 5.26 Å². The molecule has 0 saturated heterocycles. The molecule has 0 bridgehead atoms. The molecular weight excluding hydrogens is 256 g/mol. The van der Waals surface area contributed by atoms with Gasteiger partial charge in [-0.05, 0) is 13.0 Å². The first-order chi connectivity index (χ1) is 9.63. The van der Waals surface area contributed by atoms with E-state index in [1.807, 2.05) is 18.2 Å². The topological polar surface area (TPSA) is 108 Å². The largest absolute Gasteiger partial charge is 0.440 e. The van der Waals surface area contributed by atoms with Crippen molar-refractivity contribution in [3.05, 3.63) is 62.9 Å². The molecule has 6 nitrogen and oxygen atoms in total. The first-order valence-corrected chi connectivity index (χ1v) is 6.07. The van der Waals surface area contributed by atoms with Crippen LogP contribution in [0.2, 0.25) is 0 Å². The molecule has 1 aliphatic rings. The minimum Gasteiger partial charge on any atom is -0.440 e. The van der Waals surface area contributed by atoms with Crippen LogP contribution in [-0.4, -0.2) is 10.2 Å². The third kappa shape index (κ3) is 1.61. The minimum atomic E-state index is -0.514. The van der Waals surface area contributed by atoms with Crippen molar-refractivity contribution in [2.75, 3.05) is 0 Å². The standard InChI is InChI=1S/C14H12N4O2/c1-7-11(14(19)18-17-7)12-8-4-2-3-5-10(8)20-13(16)9(12)6-15/h2-5,12H,16H2,1H3,(H2,17,18,19). The number of nitrogens with two attached hydrogens (primary N) is 1. The molecule has 2 aromatic rings. The van der Waals surface area contributed by atoms with Gasteiger partial charge in [0.2, 0.25) is 5.88 Å². The molecule has 1 unspecified atom stereocenters. The SMILES string of the molecule is Cc1[nH][nH]c(=O)c1C1C(C#N)=C(N)Oc2ccccc21. The van der Waals surface area contributed by atoms with Crippen molar-refractivity contribution < 1.29 is 4.74 Å². The van der Waals surface area contributed by atoms with Crippen molar-refractivity contribution in [1.82, 2.24) is 10.2 Å². The highest BCUT2D eigenvalue weighted by Crippen LogP contribution is 2.41. The van der Waals surface area contributed by atoms with E-state index in [-0.39, 0.29) is 17.0 Å². The molecular formula is C14H12N4O2. The van der Waals surface area contributed by atoms with Crippen LogP contribution in [-0.2, 0) is 0 Å². The lowest BCUT2D eigenvalue weighted by Gasteiger charge is -2.25. The van der Waals surface area contributed by atoms with E-state index < -0.39 is 5.92 Å². The first-order valence-electron chi connectivity index (χ1n) is 6.07. The number of fused-ring (bicyclic) bond motifs is 1. The van der Waals surface area contributed by atoms with Crippen molar-refractivity contribution in [2.45, 2.75) is 12.8 Å². The molecule has 1 aliphatic heterocycles. The summed E-state index contributed by atoms with van der Waals surface area (Å²) in [4.78, 5) is 12.0. The second-order valence-corrected chi connectivity index (χ2v) is 4.58.